The van der Waals surface area contributed by atoms with Crippen molar-refractivity contribution >= 4 is 11.7 Å². The van der Waals surface area contributed by atoms with E-state index in [1.54, 1.807) is 30.3 Å². The largest absolute Gasteiger partial charge is 0.467 e. The van der Waals surface area contributed by atoms with E-state index in [0.717, 1.165) is 10.9 Å². The SMILES string of the molecule is O=C(NCc1ccco1)c1cnn2c1N[C@H](c1ccc3c(c1)OCO3)C[C@H]2C(F)(F)F. The lowest BCUT2D eigenvalue weighted by atomic mass is 9.96. The molecule has 0 unspecified atom stereocenters. The molecular weight excluding hydrogens is 417 g/mol. The number of halogens is 3. The van der Waals surface area contributed by atoms with E-state index < -0.39 is 24.2 Å². The number of alkyl halides is 3. The van der Waals surface area contributed by atoms with E-state index in [4.69, 9.17) is 13.9 Å². The summed E-state index contributed by atoms with van der Waals surface area (Å²) in [5.41, 5.74) is 0.610. The van der Waals surface area contributed by atoms with Crippen molar-refractivity contribution in [3.8, 4) is 11.5 Å². The van der Waals surface area contributed by atoms with Gasteiger partial charge in [-0.1, -0.05) is 6.07 Å². The van der Waals surface area contributed by atoms with Crippen molar-refractivity contribution in [2.75, 3.05) is 12.1 Å². The highest BCUT2D eigenvalue weighted by molar-refractivity contribution is 5.98. The van der Waals surface area contributed by atoms with Crippen molar-refractivity contribution in [2.24, 2.45) is 0 Å². The average molecular weight is 434 g/mol. The van der Waals surface area contributed by atoms with Crippen molar-refractivity contribution in [3.63, 3.8) is 0 Å². The van der Waals surface area contributed by atoms with Crippen molar-refractivity contribution in [1.29, 1.82) is 0 Å². The molecule has 2 aliphatic rings. The predicted molar refractivity (Wildman–Crippen MR) is 101 cm³/mol. The summed E-state index contributed by atoms with van der Waals surface area (Å²) in [5.74, 6) is 0.979. The van der Waals surface area contributed by atoms with E-state index >= 15 is 0 Å². The normalized spacial score (nSPS) is 19.6. The van der Waals surface area contributed by atoms with Crippen molar-refractivity contribution in [3.05, 3.63) is 59.7 Å². The molecule has 0 radical (unpaired) electrons. The van der Waals surface area contributed by atoms with Gasteiger partial charge in [-0.3, -0.25) is 4.79 Å². The van der Waals surface area contributed by atoms with Gasteiger partial charge in [-0.25, -0.2) is 4.68 Å². The Morgan fingerprint density at radius 1 is 1.26 bits per heavy atom. The zero-order chi connectivity index (χ0) is 21.6. The zero-order valence-electron chi connectivity index (χ0n) is 16.0. The molecule has 162 valence electrons. The molecule has 0 fully saturated rings. The van der Waals surface area contributed by atoms with Crippen LogP contribution in [0, 0.1) is 0 Å². The fourth-order valence-corrected chi connectivity index (χ4v) is 3.75. The average Bonchev–Trinajstić information content (AvgIpc) is 3.50. The Labute approximate surface area is 173 Å². The standard InChI is InChI=1S/C20H17F3N4O4/c21-20(22,23)17-7-14(11-3-4-15-16(6-11)31-10-30-15)26-18-13(9-25-27(17)18)19(28)24-8-12-2-1-5-29-12/h1-6,9,14,17,26H,7-8,10H2,(H,24,28)/t14-,17-/m0/s1. The van der Waals surface area contributed by atoms with Crippen LogP contribution in [0.1, 0.15) is 40.2 Å². The third-order valence-electron chi connectivity index (χ3n) is 5.29. The smallest absolute Gasteiger partial charge is 0.410 e. The van der Waals surface area contributed by atoms with Crippen LogP contribution in [0.3, 0.4) is 0 Å². The summed E-state index contributed by atoms with van der Waals surface area (Å²) >= 11 is 0. The predicted octanol–water partition coefficient (Wildman–Crippen LogP) is 3.80. The van der Waals surface area contributed by atoms with Crippen LogP contribution in [-0.4, -0.2) is 28.7 Å². The van der Waals surface area contributed by atoms with Gasteiger partial charge in [0.25, 0.3) is 5.91 Å². The minimum absolute atomic E-state index is 0.00758. The van der Waals surface area contributed by atoms with Gasteiger partial charge in [0.05, 0.1) is 25.0 Å². The van der Waals surface area contributed by atoms with Crippen molar-refractivity contribution in [2.45, 2.75) is 31.2 Å². The summed E-state index contributed by atoms with van der Waals surface area (Å²) < 4.78 is 58.1. The van der Waals surface area contributed by atoms with Gasteiger partial charge in [-0.2, -0.15) is 18.3 Å². The number of rotatable bonds is 4. The van der Waals surface area contributed by atoms with Gasteiger partial charge < -0.3 is 24.5 Å². The van der Waals surface area contributed by atoms with E-state index in [0.29, 0.717) is 22.8 Å². The molecule has 2 N–H and O–H groups in total. The summed E-state index contributed by atoms with van der Waals surface area (Å²) in [7, 11) is 0. The van der Waals surface area contributed by atoms with Crippen LogP contribution in [-0.2, 0) is 6.54 Å². The van der Waals surface area contributed by atoms with Gasteiger partial charge >= 0.3 is 6.18 Å². The first kappa shape index (κ1) is 19.3. The molecule has 1 aromatic carbocycles. The number of fused-ring (bicyclic) bond motifs is 2. The maximum atomic E-state index is 13.8. The molecule has 4 heterocycles. The molecule has 2 atom stereocenters. The summed E-state index contributed by atoms with van der Waals surface area (Å²) in [4.78, 5) is 12.7. The third-order valence-corrected chi connectivity index (χ3v) is 5.29. The summed E-state index contributed by atoms with van der Waals surface area (Å²) in [5, 5.41) is 9.55. The van der Waals surface area contributed by atoms with E-state index in [2.05, 4.69) is 15.7 Å². The number of amides is 1. The molecule has 31 heavy (non-hydrogen) atoms. The van der Waals surface area contributed by atoms with Gasteiger partial charge in [-0.05, 0) is 29.8 Å². The fraction of sp³-hybridized carbons (Fsp3) is 0.300. The van der Waals surface area contributed by atoms with Crippen LogP contribution in [0.25, 0.3) is 0 Å². The second-order valence-corrected chi connectivity index (χ2v) is 7.22. The molecule has 1 amide bonds. The van der Waals surface area contributed by atoms with Crippen LogP contribution in [0.4, 0.5) is 19.0 Å². The van der Waals surface area contributed by atoms with Gasteiger partial charge in [0, 0.05) is 6.42 Å². The van der Waals surface area contributed by atoms with Crippen LogP contribution in [0.2, 0.25) is 0 Å². The lowest BCUT2D eigenvalue weighted by Gasteiger charge is -2.34. The van der Waals surface area contributed by atoms with Crippen LogP contribution in [0.5, 0.6) is 11.5 Å². The highest BCUT2D eigenvalue weighted by Crippen LogP contribution is 2.45. The number of anilines is 1. The number of hydrogen-bond donors (Lipinski definition) is 2. The quantitative estimate of drug-likeness (QED) is 0.649. The summed E-state index contributed by atoms with van der Waals surface area (Å²) in [6.07, 6.45) is -2.22. The molecule has 2 aliphatic heterocycles. The van der Waals surface area contributed by atoms with Gasteiger partial charge in [0.15, 0.2) is 17.5 Å². The number of benzene rings is 1. The molecule has 0 aliphatic carbocycles. The second kappa shape index (κ2) is 7.25. The molecule has 5 rings (SSSR count). The summed E-state index contributed by atoms with van der Waals surface area (Å²) in [6, 6.07) is 5.76. The van der Waals surface area contributed by atoms with E-state index in [1.807, 2.05) is 0 Å². The lowest BCUT2D eigenvalue weighted by Crippen LogP contribution is -2.36. The Bertz CT molecular complexity index is 1110. The zero-order valence-corrected chi connectivity index (χ0v) is 16.0. The Hall–Kier alpha value is -3.63. The molecule has 8 nitrogen and oxygen atoms in total. The minimum atomic E-state index is -4.54. The van der Waals surface area contributed by atoms with Gasteiger partial charge in [0.1, 0.15) is 17.1 Å². The highest BCUT2D eigenvalue weighted by atomic mass is 19.4. The molecule has 3 aromatic rings. The molecule has 0 saturated heterocycles. The Balaban J connectivity index is 1.45. The van der Waals surface area contributed by atoms with Crippen molar-refractivity contribution in [1.82, 2.24) is 15.1 Å². The topological polar surface area (TPSA) is 90.6 Å². The molecule has 0 bridgehead atoms. The maximum Gasteiger partial charge on any atom is 0.410 e. The fourth-order valence-electron chi connectivity index (χ4n) is 3.75. The van der Waals surface area contributed by atoms with Gasteiger partial charge in [0.2, 0.25) is 6.79 Å². The number of nitrogens with zero attached hydrogens (tertiary/aromatic N) is 2. The monoisotopic (exact) mass is 434 g/mol. The number of nitrogens with one attached hydrogen (secondary N) is 2. The number of hydrogen-bond acceptors (Lipinski definition) is 6. The minimum Gasteiger partial charge on any atom is -0.467 e. The highest BCUT2D eigenvalue weighted by Gasteiger charge is 2.47. The first-order valence-corrected chi connectivity index (χ1v) is 9.51. The first-order valence-electron chi connectivity index (χ1n) is 9.51. The van der Waals surface area contributed by atoms with Crippen molar-refractivity contribution < 1.29 is 31.9 Å². The molecule has 0 spiro atoms. The molecular formula is C20H17F3N4O4. The van der Waals surface area contributed by atoms with Crippen LogP contribution in [0.15, 0.2) is 47.2 Å². The Kier molecular flexibility index (Phi) is 4.53. The van der Waals surface area contributed by atoms with Crippen LogP contribution >= 0.6 is 0 Å². The molecule has 2 aromatic heterocycles. The second-order valence-electron chi connectivity index (χ2n) is 7.22. The summed E-state index contributed by atoms with van der Waals surface area (Å²) in [6.45, 7) is 0.166. The van der Waals surface area contributed by atoms with E-state index in [9.17, 15) is 18.0 Å². The number of carbonyl (C=O) groups is 1. The number of aromatic nitrogens is 2. The molecule has 0 saturated carbocycles. The lowest BCUT2D eigenvalue weighted by molar-refractivity contribution is -0.173. The van der Waals surface area contributed by atoms with E-state index in [1.165, 1.54) is 6.26 Å². The van der Waals surface area contributed by atoms with Crippen LogP contribution < -0.4 is 20.1 Å². The Morgan fingerprint density at radius 2 is 2.10 bits per heavy atom. The third kappa shape index (κ3) is 3.56. The number of ether oxygens (including phenoxy) is 2. The number of carbonyl (C=O) groups excluding carboxylic acids is 1. The maximum absolute atomic E-state index is 13.8. The van der Waals surface area contributed by atoms with Gasteiger partial charge in [-0.15, -0.1) is 0 Å². The van der Waals surface area contributed by atoms with E-state index in [-0.39, 0.29) is 31.1 Å². The molecule has 11 heteroatoms. The first-order chi connectivity index (χ1) is 14.9. The Morgan fingerprint density at radius 3 is 2.87 bits per heavy atom. The number of furan rings is 1.